The van der Waals surface area contributed by atoms with Crippen molar-refractivity contribution in [3.63, 3.8) is 0 Å². The molecule has 0 spiro atoms. The van der Waals surface area contributed by atoms with Crippen molar-refractivity contribution in [2.45, 2.75) is 25.3 Å². The maximum absolute atomic E-state index is 12.0. The van der Waals surface area contributed by atoms with E-state index in [0.29, 0.717) is 16.6 Å². The van der Waals surface area contributed by atoms with Gasteiger partial charge in [-0.25, -0.2) is 4.79 Å². The molecule has 0 saturated heterocycles. The predicted octanol–water partition coefficient (Wildman–Crippen LogP) is 3.45. The summed E-state index contributed by atoms with van der Waals surface area (Å²) in [5.41, 5.74) is 0.779. The summed E-state index contributed by atoms with van der Waals surface area (Å²) in [5, 5.41) is 10.1. The average molecular weight is 292 g/mol. The van der Waals surface area contributed by atoms with Crippen molar-refractivity contribution in [2.75, 3.05) is 5.32 Å². The number of halogens is 1. The molecule has 1 aliphatic carbocycles. The second-order valence-electron chi connectivity index (χ2n) is 4.99. The van der Waals surface area contributed by atoms with Gasteiger partial charge in [-0.05, 0) is 37.5 Å². The number of carbonyl (C=O) groups excluding carboxylic acids is 1. The second-order valence-corrected chi connectivity index (χ2v) is 5.43. The van der Waals surface area contributed by atoms with Gasteiger partial charge in [-0.1, -0.05) is 28.9 Å². The maximum Gasteiger partial charge on any atom is 0.321 e. The molecular formula is C14H14ClN3O2. The van der Waals surface area contributed by atoms with Gasteiger partial charge >= 0.3 is 6.03 Å². The number of urea groups is 1. The van der Waals surface area contributed by atoms with Gasteiger partial charge in [-0.3, -0.25) is 5.32 Å². The summed E-state index contributed by atoms with van der Waals surface area (Å²) >= 11 is 5.88. The van der Waals surface area contributed by atoms with Gasteiger partial charge in [-0.15, -0.1) is 0 Å². The monoisotopic (exact) mass is 291 g/mol. The van der Waals surface area contributed by atoms with Crippen LogP contribution in [0.2, 0.25) is 5.02 Å². The summed E-state index contributed by atoms with van der Waals surface area (Å²) in [4.78, 5) is 12.0. The number of nitrogens with zero attached hydrogens (tertiary/aromatic N) is 1. The third kappa shape index (κ3) is 2.63. The Morgan fingerprint density at radius 2 is 2.05 bits per heavy atom. The Morgan fingerprint density at radius 1 is 1.35 bits per heavy atom. The van der Waals surface area contributed by atoms with Crippen molar-refractivity contribution in [3.8, 4) is 0 Å². The van der Waals surface area contributed by atoms with E-state index in [1.807, 2.05) is 24.3 Å². The fraction of sp³-hybridized carbons (Fsp3) is 0.286. The highest BCUT2D eigenvalue weighted by Gasteiger charge is 2.45. The second kappa shape index (κ2) is 4.83. The summed E-state index contributed by atoms with van der Waals surface area (Å²) < 4.78 is 4.90. The van der Waals surface area contributed by atoms with E-state index in [4.69, 9.17) is 16.1 Å². The molecule has 0 atom stereocenters. The van der Waals surface area contributed by atoms with Crippen molar-refractivity contribution in [1.29, 1.82) is 0 Å². The van der Waals surface area contributed by atoms with Crippen LogP contribution in [0.25, 0.3) is 0 Å². The molecule has 2 N–H and O–H groups in total. The van der Waals surface area contributed by atoms with Crippen molar-refractivity contribution < 1.29 is 9.32 Å². The van der Waals surface area contributed by atoms with Crippen molar-refractivity contribution in [3.05, 3.63) is 46.7 Å². The maximum atomic E-state index is 12.0. The third-order valence-corrected chi connectivity index (χ3v) is 3.62. The lowest BCUT2D eigenvalue weighted by molar-refractivity contribution is 0.247. The van der Waals surface area contributed by atoms with Gasteiger partial charge < -0.3 is 9.84 Å². The lowest BCUT2D eigenvalue weighted by atomic mass is 10.1. The Labute approximate surface area is 121 Å². The normalized spacial score (nSPS) is 15.7. The molecule has 20 heavy (non-hydrogen) atoms. The van der Waals surface area contributed by atoms with Gasteiger partial charge in [-0.2, -0.15) is 0 Å². The van der Waals surface area contributed by atoms with Crippen LogP contribution in [-0.2, 0) is 5.54 Å². The molecule has 0 aliphatic heterocycles. The molecule has 1 aromatic carbocycles. The van der Waals surface area contributed by atoms with E-state index in [2.05, 4.69) is 15.8 Å². The molecule has 5 nitrogen and oxygen atoms in total. The summed E-state index contributed by atoms with van der Waals surface area (Å²) in [7, 11) is 0. The standard InChI is InChI=1S/C14H14ClN3O2/c1-9-8-12(18-20-9)16-13(19)17-14(6-7-14)10-2-4-11(15)5-3-10/h2-5,8H,6-7H2,1H3,(H2,16,17,18,19). The number of aryl methyl sites for hydroxylation is 1. The highest BCUT2D eigenvalue weighted by molar-refractivity contribution is 6.30. The fourth-order valence-electron chi connectivity index (χ4n) is 2.17. The molecule has 1 heterocycles. The Kier molecular flexibility index (Phi) is 3.14. The lowest BCUT2D eigenvalue weighted by Crippen LogP contribution is -2.38. The topological polar surface area (TPSA) is 67.2 Å². The smallest absolute Gasteiger partial charge is 0.321 e. The number of nitrogens with one attached hydrogen (secondary N) is 2. The van der Waals surface area contributed by atoms with E-state index >= 15 is 0 Å². The Morgan fingerprint density at radius 3 is 2.60 bits per heavy atom. The Bertz CT molecular complexity index is 632. The van der Waals surface area contributed by atoms with Gasteiger partial charge in [0.25, 0.3) is 0 Å². The van der Waals surface area contributed by atoms with Crippen LogP contribution in [0.3, 0.4) is 0 Å². The summed E-state index contributed by atoms with van der Waals surface area (Å²) in [6, 6.07) is 8.92. The molecule has 3 rings (SSSR count). The molecule has 2 aromatic rings. The van der Waals surface area contributed by atoms with Crippen molar-refractivity contribution in [1.82, 2.24) is 10.5 Å². The first-order valence-electron chi connectivity index (χ1n) is 6.36. The minimum atomic E-state index is -0.286. The van der Waals surface area contributed by atoms with Gasteiger partial charge in [0.1, 0.15) is 5.76 Å². The number of benzene rings is 1. The van der Waals surface area contributed by atoms with Crippen molar-refractivity contribution in [2.24, 2.45) is 0 Å². The summed E-state index contributed by atoms with van der Waals surface area (Å²) in [6.45, 7) is 1.77. The molecule has 0 radical (unpaired) electrons. The number of rotatable bonds is 3. The molecule has 6 heteroatoms. The van der Waals surface area contributed by atoms with Gasteiger partial charge in [0.05, 0.1) is 5.54 Å². The summed E-state index contributed by atoms with van der Waals surface area (Å²) in [5.74, 6) is 1.06. The van der Waals surface area contributed by atoms with Crippen LogP contribution >= 0.6 is 11.6 Å². The highest BCUT2D eigenvalue weighted by atomic mass is 35.5. The summed E-state index contributed by atoms with van der Waals surface area (Å²) in [6.07, 6.45) is 1.83. The van der Waals surface area contributed by atoms with Gasteiger partial charge in [0.15, 0.2) is 5.82 Å². The molecule has 0 unspecified atom stereocenters. The largest absolute Gasteiger partial charge is 0.360 e. The van der Waals surface area contributed by atoms with Crippen molar-refractivity contribution >= 4 is 23.4 Å². The highest BCUT2D eigenvalue weighted by Crippen LogP contribution is 2.45. The van der Waals surface area contributed by atoms with Crippen LogP contribution in [0.1, 0.15) is 24.2 Å². The van der Waals surface area contributed by atoms with Gasteiger partial charge in [0.2, 0.25) is 0 Å². The van der Waals surface area contributed by atoms with Crippen LogP contribution in [0.15, 0.2) is 34.9 Å². The fourth-order valence-corrected chi connectivity index (χ4v) is 2.30. The predicted molar refractivity (Wildman–Crippen MR) is 75.8 cm³/mol. The number of anilines is 1. The van der Waals surface area contributed by atoms with E-state index in [0.717, 1.165) is 18.4 Å². The molecular weight excluding hydrogens is 278 g/mol. The Hall–Kier alpha value is -2.01. The van der Waals surface area contributed by atoms with E-state index in [1.165, 1.54) is 0 Å². The molecule has 104 valence electrons. The number of carbonyl (C=O) groups is 1. The molecule has 1 aliphatic rings. The third-order valence-electron chi connectivity index (χ3n) is 3.37. The van der Waals surface area contributed by atoms with E-state index in [-0.39, 0.29) is 11.6 Å². The first-order chi connectivity index (χ1) is 9.57. The SMILES string of the molecule is Cc1cc(NC(=O)NC2(c3ccc(Cl)cc3)CC2)no1. The zero-order valence-electron chi connectivity index (χ0n) is 10.9. The zero-order chi connectivity index (χ0) is 14.2. The molecule has 1 saturated carbocycles. The lowest BCUT2D eigenvalue weighted by Gasteiger charge is -2.17. The molecule has 2 amide bonds. The first-order valence-corrected chi connectivity index (χ1v) is 6.74. The van der Waals surface area contributed by atoms with Crippen LogP contribution in [0.5, 0.6) is 0 Å². The number of aromatic nitrogens is 1. The number of hydrogen-bond donors (Lipinski definition) is 2. The molecule has 1 aromatic heterocycles. The average Bonchev–Trinajstić information content (AvgIpc) is 3.06. The minimum Gasteiger partial charge on any atom is -0.360 e. The number of hydrogen-bond acceptors (Lipinski definition) is 3. The minimum absolute atomic E-state index is 0.284. The van der Waals surface area contributed by atoms with Crippen LogP contribution < -0.4 is 10.6 Å². The van der Waals surface area contributed by atoms with Crippen LogP contribution in [0, 0.1) is 6.92 Å². The molecule has 0 bridgehead atoms. The van der Waals surface area contributed by atoms with Crippen LogP contribution in [-0.4, -0.2) is 11.2 Å². The molecule has 1 fully saturated rings. The zero-order valence-corrected chi connectivity index (χ0v) is 11.7. The quantitative estimate of drug-likeness (QED) is 0.910. The van der Waals surface area contributed by atoms with E-state index in [9.17, 15) is 4.79 Å². The first kappa shape index (κ1) is 13.0. The Balaban J connectivity index is 1.67. The van der Waals surface area contributed by atoms with Gasteiger partial charge in [0, 0.05) is 11.1 Å². The van der Waals surface area contributed by atoms with E-state index in [1.54, 1.807) is 13.0 Å². The van der Waals surface area contributed by atoms with E-state index < -0.39 is 0 Å². The number of amides is 2. The van der Waals surface area contributed by atoms with Crippen LogP contribution in [0.4, 0.5) is 10.6 Å².